The number of esters is 1. The van der Waals surface area contributed by atoms with E-state index in [1.807, 2.05) is 0 Å². The minimum atomic E-state index is -0.739. The Morgan fingerprint density at radius 3 is 2.21 bits per heavy atom. The number of fused-ring (bicyclic) bond motifs is 2. The van der Waals surface area contributed by atoms with Gasteiger partial charge in [-0.3, -0.25) is 19.2 Å². The van der Waals surface area contributed by atoms with Crippen molar-refractivity contribution in [1.29, 1.82) is 0 Å². The molecule has 168 valence electrons. The molecule has 9 nitrogen and oxygen atoms in total. The third-order valence-electron chi connectivity index (χ3n) is 5.42. The molecule has 0 radical (unpaired) electrons. The zero-order valence-corrected chi connectivity index (χ0v) is 17.6. The molecule has 0 aromatic heterocycles. The molecule has 3 aromatic carbocycles. The highest BCUT2D eigenvalue weighted by Crippen LogP contribution is 2.29. The van der Waals surface area contributed by atoms with Gasteiger partial charge in [-0.2, -0.15) is 0 Å². The van der Waals surface area contributed by atoms with E-state index in [-0.39, 0.29) is 23.6 Å². The second-order valence-electron chi connectivity index (χ2n) is 7.59. The summed E-state index contributed by atoms with van der Waals surface area (Å²) in [6.07, 6.45) is 0. The van der Waals surface area contributed by atoms with Gasteiger partial charge in [-0.25, -0.2) is 9.69 Å². The summed E-state index contributed by atoms with van der Waals surface area (Å²) in [7, 11) is 0. The van der Waals surface area contributed by atoms with Gasteiger partial charge in [-0.15, -0.1) is 0 Å². The lowest BCUT2D eigenvalue weighted by molar-refractivity contribution is -0.118. The molecule has 9 heteroatoms. The number of imide groups is 1. The number of carbonyl (C=O) groups is 5. The van der Waals surface area contributed by atoms with Crippen LogP contribution in [0, 0.1) is 0 Å². The largest absolute Gasteiger partial charge is 0.482 e. The number of nitrogens with one attached hydrogen (secondary N) is 1. The van der Waals surface area contributed by atoms with Gasteiger partial charge in [-0.1, -0.05) is 12.1 Å². The Morgan fingerprint density at radius 1 is 0.882 bits per heavy atom. The fraction of sp³-hybridized carbons (Fsp3) is 0.0800. The van der Waals surface area contributed by atoms with E-state index in [0.717, 1.165) is 4.90 Å². The first-order chi connectivity index (χ1) is 16.4. The molecular formula is C25H16N2O7. The number of amides is 3. The van der Waals surface area contributed by atoms with Crippen LogP contribution >= 0.6 is 0 Å². The van der Waals surface area contributed by atoms with Crippen LogP contribution in [0.4, 0.5) is 11.4 Å². The number of benzene rings is 3. The molecule has 0 aliphatic carbocycles. The first kappa shape index (κ1) is 21.1. The topological polar surface area (TPSA) is 119 Å². The van der Waals surface area contributed by atoms with Crippen molar-refractivity contribution in [3.8, 4) is 5.75 Å². The minimum Gasteiger partial charge on any atom is -0.482 e. The van der Waals surface area contributed by atoms with Crippen molar-refractivity contribution < 1.29 is 33.4 Å². The Morgan fingerprint density at radius 2 is 1.53 bits per heavy atom. The molecule has 2 aliphatic heterocycles. The Kier molecular flexibility index (Phi) is 5.14. The van der Waals surface area contributed by atoms with Gasteiger partial charge in [0.15, 0.2) is 19.0 Å². The maximum absolute atomic E-state index is 12.6. The summed E-state index contributed by atoms with van der Waals surface area (Å²) in [4.78, 5) is 62.5. The zero-order chi connectivity index (χ0) is 23.8. The second kappa shape index (κ2) is 8.28. The third-order valence-corrected chi connectivity index (χ3v) is 5.42. The number of carbonyl (C=O) groups excluding carboxylic acids is 5. The molecule has 0 saturated carbocycles. The Labute approximate surface area is 192 Å². The van der Waals surface area contributed by atoms with Crippen molar-refractivity contribution in [2.45, 2.75) is 0 Å². The van der Waals surface area contributed by atoms with Gasteiger partial charge in [-0.05, 0) is 54.6 Å². The first-order valence-corrected chi connectivity index (χ1v) is 10.3. The van der Waals surface area contributed by atoms with Crippen LogP contribution in [0.15, 0.2) is 66.7 Å². The van der Waals surface area contributed by atoms with Crippen LogP contribution in [-0.2, 0) is 9.53 Å². The summed E-state index contributed by atoms with van der Waals surface area (Å²) in [6.45, 7) is -0.601. The number of anilines is 2. The number of rotatable bonds is 5. The van der Waals surface area contributed by atoms with E-state index in [1.165, 1.54) is 36.4 Å². The monoisotopic (exact) mass is 456 g/mol. The average molecular weight is 456 g/mol. The van der Waals surface area contributed by atoms with Gasteiger partial charge in [0.25, 0.3) is 17.7 Å². The van der Waals surface area contributed by atoms with E-state index >= 15 is 0 Å². The predicted molar refractivity (Wildman–Crippen MR) is 119 cm³/mol. The van der Waals surface area contributed by atoms with E-state index in [9.17, 15) is 24.0 Å². The lowest BCUT2D eigenvalue weighted by Crippen LogP contribution is -2.29. The maximum atomic E-state index is 12.6. The number of nitrogens with zero attached hydrogens (tertiary/aromatic N) is 1. The molecule has 0 saturated heterocycles. The van der Waals surface area contributed by atoms with Crippen molar-refractivity contribution in [3.05, 3.63) is 89.0 Å². The molecule has 0 spiro atoms. The molecule has 2 heterocycles. The molecule has 2 aliphatic rings. The van der Waals surface area contributed by atoms with Gasteiger partial charge in [0.1, 0.15) is 5.75 Å². The highest BCUT2D eigenvalue weighted by molar-refractivity contribution is 6.34. The summed E-state index contributed by atoms with van der Waals surface area (Å²) < 4.78 is 10.4. The second-order valence-corrected chi connectivity index (χ2v) is 7.59. The standard InChI is InChI=1S/C25H16N2O7/c28-20(15-7-10-21-19(11-15)26-22(29)13-33-21)12-34-25(32)14-5-8-16(9-6-14)27-23(30)17-3-1-2-4-18(17)24(27)31/h1-11H,12-13H2,(H,26,29). The van der Waals surface area contributed by atoms with Crippen LogP contribution in [0.25, 0.3) is 0 Å². The Balaban J connectivity index is 1.24. The molecule has 3 aromatic rings. The maximum Gasteiger partial charge on any atom is 0.338 e. The highest BCUT2D eigenvalue weighted by atomic mass is 16.5. The number of Topliss-reactive ketones (excluding diaryl/α,β-unsaturated/α-hetero) is 1. The fourth-order valence-corrected chi connectivity index (χ4v) is 3.72. The summed E-state index contributed by atoms with van der Waals surface area (Å²) in [5.74, 6) is -1.95. The van der Waals surface area contributed by atoms with E-state index in [4.69, 9.17) is 9.47 Å². The quantitative estimate of drug-likeness (QED) is 0.356. The van der Waals surface area contributed by atoms with E-state index < -0.39 is 30.2 Å². The lowest BCUT2D eigenvalue weighted by Gasteiger charge is -2.18. The van der Waals surface area contributed by atoms with Gasteiger partial charge in [0, 0.05) is 5.56 Å². The van der Waals surface area contributed by atoms with Crippen molar-refractivity contribution in [2.75, 3.05) is 23.4 Å². The Hall–Kier alpha value is -4.79. The highest BCUT2D eigenvalue weighted by Gasteiger charge is 2.36. The van der Waals surface area contributed by atoms with E-state index in [1.54, 1.807) is 30.3 Å². The average Bonchev–Trinajstić information content (AvgIpc) is 3.12. The molecular weight excluding hydrogens is 440 g/mol. The molecule has 1 N–H and O–H groups in total. The van der Waals surface area contributed by atoms with Crippen LogP contribution in [0.1, 0.15) is 41.4 Å². The fourth-order valence-electron chi connectivity index (χ4n) is 3.72. The van der Waals surface area contributed by atoms with Crippen molar-refractivity contribution in [3.63, 3.8) is 0 Å². The molecule has 0 bridgehead atoms. The summed E-state index contributed by atoms with van der Waals surface area (Å²) >= 11 is 0. The first-order valence-electron chi connectivity index (χ1n) is 10.3. The lowest BCUT2D eigenvalue weighted by atomic mass is 10.1. The molecule has 0 unspecified atom stereocenters. The smallest absolute Gasteiger partial charge is 0.338 e. The summed E-state index contributed by atoms with van der Waals surface area (Å²) in [5, 5.41) is 2.61. The normalized spacial score (nSPS) is 14.1. The number of hydrogen-bond acceptors (Lipinski definition) is 7. The number of ether oxygens (including phenoxy) is 2. The molecule has 0 atom stereocenters. The van der Waals surface area contributed by atoms with Gasteiger partial charge in [0.05, 0.1) is 28.1 Å². The van der Waals surface area contributed by atoms with Crippen molar-refractivity contribution in [1.82, 2.24) is 0 Å². The molecule has 0 fully saturated rings. The van der Waals surface area contributed by atoms with Crippen molar-refractivity contribution >= 4 is 40.8 Å². The van der Waals surface area contributed by atoms with Gasteiger partial charge in [0.2, 0.25) is 0 Å². The van der Waals surface area contributed by atoms with Crippen LogP contribution in [0.5, 0.6) is 5.75 Å². The predicted octanol–water partition coefficient (Wildman–Crippen LogP) is 2.86. The van der Waals surface area contributed by atoms with Gasteiger partial charge >= 0.3 is 5.97 Å². The minimum absolute atomic E-state index is 0.0935. The number of ketones is 1. The van der Waals surface area contributed by atoms with Crippen LogP contribution in [0.2, 0.25) is 0 Å². The molecule has 3 amide bonds. The third kappa shape index (κ3) is 3.69. The summed E-state index contributed by atoms with van der Waals surface area (Å²) in [5.41, 5.74) is 1.73. The Bertz CT molecular complexity index is 1340. The summed E-state index contributed by atoms with van der Waals surface area (Å²) in [6, 6.07) is 16.8. The van der Waals surface area contributed by atoms with E-state index in [0.29, 0.717) is 28.3 Å². The molecule has 34 heavy (non-hydrogen) atoms. The van der Waals surface area contributed by atoms with Gasteiger partial charge < -0.3 is 14.8 Å². The van der Waals surface area contributed by atoms with Crippen LogP contribution < -0.4 is 15.0 Å². The van der Waals surface area contributed by atoms with E-state index in [2.05, 4.69) is 5.32 Å². The molecule has 5 rings (SSSR count). The SMILES string of the molecule is O=C1COc2ccc(C(=O)COC(=O)c3ccc(N4C(=O)c5ccccc5C4=O)cc3)cc2N1. The van der Waals surface area contributed by atoms with Crippen LogP contribution in [-0.4, -0.2) is 42.7 Å². The number of hydrogen-bond donors (Lipinski definition) is 1. The zero-order valence-electron chi connectivity index (χ0n) is 17.6. The van der Waals surface area contributed by atoms with Crippen molar-refractivity contribution in [2.24, 2.45) is 0 Å². The van der Waals surface area contributed by atoms with Crippen LogP contribution in [0.3, 0.4) is 0 Å².